The number of carbonyl (C=O) groups excluding carboxylic acids is 1. The molecule has 2 amide bonds. The summed E-state index contributed by atoms with van der Waals surface area (Å²) in [5, 5.41) is 2.86. The minimum absolute atomic E-state index is 0.0572. The van der Waals surface area contributed by atoms with Crippen LogP contribution in [0.5, 0.6) is 0 Å². The third-order valence-electron chi connectivity index (χ3n) is 4.21. The number of aromatic nitrogens is 1. The molecule has 0 spiro atoms. The standard InChI is InChI=1S/C17H20FN3O2/c1-11-5-6-16(23-11)15-4-3-9-21(15)17(22)20-12(2)13-7-8-19-10-14(13)18/h5-8,10,12,15H,3-4,9H2,1-2H3,(H,20,22)/t12-,15+/m1/s1. The zero-order valence-electron chi connectivity index (χ0n) is 13.3. The summed E-state index contributed by atoms with van der Waals surface area (Å²) in [6, 6.07) is 4.71. The maximum atomic E-state index is 13.8. The number of hydrogen-bond acceptors (Lipinski definition) is 3. The first-order valence-corrected chi connectivity index (χ1v) is 7.79. The molecule has 5 nitrogen and oxygen atoms in total. The summed E-state index contributed by atoms with van der Waals surface area (Å²) in [4.78, 5) is 18.1. The second-order valence-corrected chi connectivity index (χ2v) is 5.87. The summed E-state index contributed by atoms with van der Waals surface area (Å²) < 4.78 is 19.4. The highest BCUT2D eigenvalue weighted by Crippen LogP contribution is 2.33. The van der Waals surface area contributed by atoms with Gasteiger partial charge in [-0.25, -0.2) is 9.18 Å². The molecule has 3 rings (SSSR count). The summed E-state index contributed by atoms with van der Waals surface area (Å²) >= 11 is 0. The van der Waals surface area contributed by atoms with Gasteiger partial charge in [0.15, 0.2) is 0 Å². The molecule has 0 unspecified atom stereocenters. The molecule has 1 aliphatic heterocycles. The molecule has 23 heavy (non-hydrogen) atoms. The van der Waals surface area contributed by atoms with Crippen molar-refractivity contribution < 1.29 is 13.6 Å². The molecule has 0 aromatic carbocycles. The lowest BCUT2D eigenvalue weighted by Gasteiger charge is -2.26. The predicted molar refractivity (Wildman–Crippen MR) is 83.3 cm³/mol. The molecule has 0 saturated carbocycles. The Balaban J connectivity index is 1.71. The molecule has 1 N–H and O–H groups in total. The van der Waals surface area contributed by atoms with Gasteiger partial charge in [-0.3, -0.25) is 4.98 Å². The van der Waals surface area contributed by atoms with Gasteiger partial charge in [0, 0.05) is 18.3 Å². The summed E-state index contributed by atoms with van der Waals surface area (Å²) in [5.74, 6) is 1.22. The van der Waals surface area contributed by atoms with E-state index >= 15 is 0 Å². The lowest BCUT2D eigenvalue weighted by Crippen LogP contribution is -2.40. The van der Waals surface area contributed by atoms with Gasteiger partial charge in [-0.15, -0.1) is 0 Å². The molecular formula is C17H20FN3O2. The van der Waals surface area contributed by atoms with Gasteiger partial charge in [-0.1, -0.05) is 0 Å². The van der Waals surface area contributed by atoms with E-state index in [-0.39, 0.29) is 12.1 Å². The number of nitrogens with one attached hydrogen (secondary N) is 1. The fraction of sp³-hybridized carbons (Fsp3) is 0.412. The van der Waals surface area contributed by atoms with Crippen LogP contribution in [0.15, 0.2) is 35.0 Å². The predicted octanol–water partition coefficient (Wildman–Crippen LogP) is 3.73. The van der Waals surface area contributed by atoms with Crippen LogP contribution in [0.2, 0.25) is 0 Å². The Morgan fingerprint density at radius 2 is 2.30 bits per heavy atom. The number of pyridine rings is 1. The Hall–Kier alpha value is -2.37. The van der Waals surface area contributed by atoms with Crippen LogP contribution in [0.25, 0.3) is 0 Å². The van der Waals surface area contributed by atoms with Gasteiger partial charge in [0.25, 0.3) is 0 Å². The van der Waals surface area contributed by atoms with E-state index in [1.54, 1.807) is 17.9 Å². The number of rotatable bonds is 3. The SMILES string of the molecule is Cc1ccc([C@@H]2CCCN2C(=O)N[C@H](C)c2ccncc2F)o1. The Bertz CT molecular complexity index is 701. The Kier molecular flexibility index (Phi) is 4.32. The number of urea groups is 1. The molecule has 0 bridgehead atoms. The first kappa shape index (κ1) is 15.5. The zero-order chi connectivity index (χ0) is 16.4. The summed E-state index contributed by atoms with van der Waals surface area (Å²) in [6.07, 6.45) is 4.47. The van der Waals surface area contributed by atoms with Crippen LogP contribution in [0.1, 0.15) is 48.9 Å². The van der Waals surface area contributed by atoms with Crippen LogP contribution in [0.3, 0.4) is 0 Å². The molecule has 1 fully saturated rings. The number of halogens is 1. The molecule has 2 aromatic rings. The van der Waals surface area contributed by atoms with Gasteiger partial charge >= 0.3 is 6.03 Å². The maximum Gasteiger partial charge on any atom is 0.318 e. The van der Waals surface area contributed by atoms with Crippen molar-refractivity contribution in [3.05, 3.63) is 53.5 Å². The van der Waals surface area contributed by atoms with Crippen LogP contribution < -0.4 is 5.32 Å². The molecule has 6 heteroatoms. The molecule has 122 valence electrons. The fourth-order valence-corrected chi connectivity index (χ4v) is 3.02. The number of furan rings is 1. The Labute approximate surface area is 134 Å². The number of nitrogens with zero attached hydrogens (tertiary/aromatic N) is 2. The number of carbonyl (C=O) groups is 1. The number of amides is 2. The highest BCUT2D eigenvalue weighted by molar-refractivity contribution is 5.75. The van der Waals surface area contributed by atoms with E-state index in [1.807, 2.05) is 19.1 Å². The summed E-state index contributed by atoms with van der Waals surface area (Å²) in [7, 11) is 0. The average molecular weight is 317 g/mol. The van der Waals surface area contributed by atoms with Gasteiger partial charge < -0.3 is 14.6 Å². The van der Waals surface area contributed by atoms with Crippen LogP contribution >= 0.6 is 0 Å². The molecule has 2 atom stereocenters. The molecular weight excluding hydrogens is 297 g/mol. The highest BCUT2D eigenvalue weighted by atomic mass is 19.1. The minimum Gasteiger partial charge on any atom is -0.464 e. The molecule has 1 saturated heterocycles. The average Bonchev–Trinajstić information content (AvgIpc) is 3.15. The maximum absolute atomic E-state index is 13.8. The van der Waals surface area contributed by atoms with E-state index in [9.17, 15) is 9.18 Å². The van der Waals surface area contributed by atoms with Gasteiger partial charge in [0.1, 0.15) is 17.3 Å². The molecule has 3 heterocycles. The normalized spacial score (nSPS) is 18.9. The Morgan fingerprint density at radius 3 is 3.00 bits per heavy atom. The van der Waals surface area contributed by atoms with Crippen molar-refractivity contribution >= 4 is 6.03 Å². The lowest BCUT2D eigenvalue weighted by molar-refractivity contribution is 0.182. The molecule has 1 aliphatic rings. The molecule has 0 radical (unpaired) electrons. The molecule has 0 aliphatic carbocycles. The zero-order valence-corrected chi connectivity index (χ0v) is 13.3. The van der Waals surface area contributed by atoms with Crippen molar-refractivity contribution in [3.8, 4) is 0 Å². The number of hydrogen-bond donors (Lipinski definition) is 1. The second kappa shape index (κ2) is 6.40. The van der Waals surface area contributed by atoms with Crippen LogP contribution in [0.4, 0.5) is 9.18 Å². The van der Waals surface area contributed by atoms with Gasteiger partial charge in [0.2, 0.25) is 0 Å². The van der Waals surface area contributed by atoms with Crippen molar-refractivity contribution in [1.82, 2.24) is 15.2 Å². The van der Waals surface area contributed by atoms with E-state index in [1.165, 1.54) is 6.20 Å². The smallest absolute Gasteiger partial charge is 0.318 e. The number of aryl methyl sites for hydroxylation is 1. The Morgan fingerprint density at radius 1 is 1.48 bits per heavy atom. The third kappa shape index (κ3) is 3.21. The minimum atomic E-state index is -0.426. The van der Waals surface area contributed by atoms with E-state index in [0.717, 1.165) is 30.6 Å². The topological polar surface area (TPSA) is 58.4 Å². The largest absolute Gasteiger partial charge is 0.464 e. The van der Waals surface area contributed by atoms with Crippen molar-refractivity contribution in [2.45, 2.75) is 38.8 Å². The van der Waals surface area contributed by atoms with Crippen molar-refractivity contribution in [2.75, 3.05) is 6.54 Å². The van der Waals surface area contributed by atoms with E-state index in [4.69, 9.17) is 4.42 Å². The lowest BCUT2D eigenvalue weighted by atomic mass is 10.1. The second-order valence-electron chi connectivity index (χ2n) is 5.87. The van der Waals surface area contributed by atoms with Crippen LogP contribution in [-0.2, 0) is 0 Å². The first-order valence-electron chi connectivity index (χ1n) is 7.79. The van der Waals surface area contributed by atoms with Crippen LogP contribution in [-0.4, -0.2) is 22.5 Å². The third-order valence-corrected chi connectivity index (χ3v) is 4.21. The van der Waals surface area contributed by atoms with E-state index in [2.05, 4.69) is 10.3 Å². The summed E-state index contributed by atoms with van der Waals surface area (Å²) in [6.45, 7) is 4.32. The fourth-order valence-electron chi connectivity index (χ4n) is 3.02. The number of likely N-dealkylation sites (tertiary alicyclic amines) is 1. The van der Waals surface area contributed by atoms with Crippen molar-refractivity contribution in [3.63, 3.8) is 0 Å². The highest BCUT2D eigenvalue weighted by Gasteiger charge is 2.32. The first-order chi connectivity index (χ1) is 11.1. The quantitative estimate of drug-likeness (QED) is 0.938. The van der Waals surface area contributed by atoms with Crippen molar-refractivity contribution in [1.29, 1.82) is 0 Å². The van der Waals surface area contributed by atoms with E-state index in [0.29, 0.717) is 12.1 Å². The summed E-state index contributed by atoms with van der Waals surface area (Å²) in [5.41, 5.74) is 0.429. The van der Waals surface area contributed by atoms with Crippen molar-refractivity contribution in [2.24, 2.45) is 0 Å². The van der Waals surface area contributed by atoms with E-state index < -0.39 is 11.9 Å². The van der Waals surface area contributed by atoms with Gasteiger partial charge in [-0.05, 0) is 44.9 Å². The van der Waals surface area contributed by atoms with Gasteiger partial charge in [-0.2, -0.15) is 0 Å². The van der Waals surface area contributed by atoms with Gasteiger partial charge in [0.05, 0.1) is 18.3 Å². The molecule has 2 aromatic heterocycles. The van der Waals surface area contributed by atoms with Crippen LogP contribution in [0, 0.1) is 12.7 Å². The monoisotopic (exact) mass is 317 g/mol.